The molecule has 1 aromatic carbocycles. The third kappa shape index (κ3) is 2.10. The van der Waals surface area contributed by atoms with Crippen LogP contribution in [0.1, 0.15) is 5.69 Å². The SMILES string of the molecule is [CH]c1cccc(Oc2ccccc2)n1. The summed E-state index contributed by atoms with van der Waals surface area (Å²) in [5.41, 5.74) is 0.457. The predicted octanol–water partition coefficient (Wildman–Crippen LogP) is 2.93. The number of nitrogens with zero attached hydrogens (tertiary/aromatic N) is 1. The summed E-state index contributed by atoms with van der Waals surface area (Å²) in [5.74, 6) is 1.27. The Morgan fingerprint density at radius 1 is 0.929 bits per heavy atom. The van der Waals surface area contributed by atoms with E-state index >= 15 is 0 Å². The van der Waals surface area contributed by atoms with Crippen LogP contribution in [-0.2, 0) is 0 Å². The molecular weight excluding hydrogens is 174 g/mol. The van der Waals surface area contributed by atoms with E-state index in [0.717, 1.165) is 5.75 Å². The lowest BCUT2D eigenvalue weighted by molar-refractivity contribution is 0.462. The Morgan fingerprint density at radius 2 is 1.71 bits per heavy atom. The minimum Gasteiger partial charge on any atom is -0.439 e. The maximum Gasteiger partial charge on any atom is 0.219 e. The second kappa shape index (κ2) is 3.92. The molecule has 0 spiro atoms. The van der Waals surface area contributed by atoms with Crippen molar-refractivity contribution in [2.24, 2.45) is 0 Å². The van der Waals surface area contributed by atoms with Gasteiger partial charge in [-0.25, -0.2) is 4.98 Å². The molecule has 0 atom stereocenters. The van der Waals surface area contributed by atoms with Crippen LogP contribution in [0.25, 0.3) is 0 Å². The lowest BCUT2D eigenvalue weighted by atomic mass is 10.3. The number of hydrogen-bond acceptors (Lipinski definition) is 2. The Bertz CT molecular complexity index is 412. The molecule has 1 aromatic heterocycles. The van der Waals surface area contributed by atoms with Crippen LogP contribution in [0.3, 0.4) is 0 Å². The monoisotopic (exact) mass is 183 g/mol. The van der Waals surface area contributed by atoms with Crippen molar-refractivity contribution in [2.45, 2.75) is 0 Å². The van der Waals surface area contributed by atoms with Gasteiger partial charge >= 0.3 is 0 Å². The molecule has 1 heterocycles. The maximum atomic E-state index is 5.52. The molecule has 2 aromatic rings. The topological polar surface area (TPSA) is 22.1 Å². The van der Waals surface area contributed by atoms with Crippen LogP contribution in [0.2, 0.25) is 0 Å². The molecule has 68 valence electrons. The first kappa shape index (κ1) is 8.75. The highest BCUT2D eigenvalue weighted by Crippen LogP contribution is 2.18. The largest absolute Gasteiger partial charge is 0.439 e. The van der Waals surface area contributed by atoms with Crippen LogP contribution in [0.15, 0.2) is 48.5 Å². The first-order valence-electron chi connectivity index (χ1n) is 4.30. The highest BCUT2D eigenvalue weighted by Gasteiger charge is 1.96. The zero-order chi connectivity index (χ0) is 9.80. The van der Waals surface area contributed by atoms with Crippen LogP contribution < -0.4 is 4.74 Å². The van der Waals surface area contributed by atoms with E-state index < -0.39 is 0 Å². The van der Waals surface area contributed by atoms with Crippen LogP contribution in [0.4, 0.5) is 0 Å². The Labute approximate surface area is 83.2 Å². The van der Waals surface area contributed by atoms with Gasteiger partial charge in [0.2, 0.25) is 5.88 Å². The number of hydrogen-bond donors (Lipinski definition) is 0. The van der Waals surface area contributed by atoms with Crippen LogP contribution in [0, 0.1) is 6.92 Å². The number of rotatable bonds is 2. The standard InChI is InChI=1S/C12H9NO/c1-10-6-5-9-12(13-10)14-11-7-3-2-4-8-11/h1-9H. The fourth-order valence-electron chi connectivity index (χ4n) is 1.10. The van der Waals surface area contributed by atoms with Crippen LogP contribution in [0.5, 0.6) is 11.6 Å². The molecule has 2 heteroatoms. The fraction of sp³-hybridized carbons (Fsp3) is 0. The van der Waals surface area contributed by atoms with E-state index in [2.05, 4.69) is 4.98 Å². The Morgan fingerprint density at radius 3 is 2.43 bits per heavy atom. The molecule has 0 amide bonds. The van der Waals surface area contributed by atoms with Gasteiger partial charge in [-0.2, -0.15) is 0 Å². The quantitative estimate of drug-likeness (QED) is 0.714. The normalized spacial score (nSPS) is 9.79. The molecule has 2 radical (unpaired) electrons. The summed E-state index contributed by atoms with van der Waals surface area (Å²) in [6.45, 7) is 5.52. The van der Waals surface area contributed by atoms with Gasteiger partial charge in [0.15, 0.2) is 0 Å². The summed E-state index contributed by atoms with van der Waals surface area (Å²) in [5, 5.41) is 0. The number of benzene rings is 1. The van der Waals surface area contributed by atoms with Crippen molar-refractivity contribution in [3.05, 3.63) is 61.1 Å². The van der Waals surface area contributed by atoms with Crippen molar-refractivity contribution in [1.82, 2.24) is 4.98 Å². The summed E-state index contributed by atoms with van der Waals surface area (Å²) >= 11 is 0. The minimum atomic E-state index is 0.457. The molecule has 0 unspecified atom stereocenters. The molecule has 2 nitrogen and oxygen atoms in total. The van der Waals surface area contributed by atoms with Gasteiger partial charge in [-0.05, 0) is 18.2 Å². The van der Waals surface area contributed by atoms with Gasteiger partial charge in [-0.15, -0.1) is 0 Å². The van der Waals surface area contributed by atoms with Crippen molar-refractivity contribution in [2.75, 3.05) is 0 Å². The molecule has 0 saturated heterocycles. The second-order valence-electron chi connectivity index (χ2n) is 2.82. The Hall–Kier alpha value is -1.83. The van der Waals surface area contributed by atoms with Crippen molar-refractivity contribution in [1.29, 1.82) is 0 Å². The summed E-state index contributed by atoms with van der Waals surface area (Å²) < 4.78 is 5.47. The highest BCUT2D eigenvalue weighted by atomic mass is 16.5. The van der Waals surface area contributed by atoms with Gasteiger partial charge in [0, 0.05) is 18.7 Å². The van der Waals surface area contributed by atoms with E-state index in [9.17, 15) is 0 Å². The molecule has 0 aliphatic carbocycles. The molecule has 0 fully saturated rings. The van der Waals surface area contributed by atoms with Gasteiger partial charge in [0.05, 0.1) is 0 Å². The minimum absolute atomic E-state index is 0.457. The van der Waals surface area contributed by atoms with E-state index in [1.807, 2.05) is 30.3 Å². The van der Waals surface area contributed by atoms with Crippen molar-refractivity contribution in [3.8, 4) is 11.6 Å². The summed E-state index contributed by atoms with van der Waals surface area (Å²) in [7, 11) is 0. The smallest absolute Gasteiger partial charge is 0.219 e. The van der Waals surface area contributed by atoms with Gasteiger partial charge in [0.25, 0.3) is 0 Å². The number of ether oxygens (including phenoxy) is 1. The van der Waals surface area contributed by atoms with Gasteiger partial charge in [-0.1, -0.05) is 24.3 Å². The summed E-state index contributed by atoms with van der Waals surface area (Å²) in [4.78, 5) is 4.02. The lowest BCUT2D eigenvalue weighted by Gasteiger charge is -2.03. The molecule has 0 saturated carbocycles. The van der Waals surface area contributed by atoms with Gasteiger partial charge < -0.3 is 4.74 Å². The first-order chi connectivity index (χ1) is 6.84. The van der Waals surface area contributed by atoms with E-state index in [-0.39, 0.29) is 0 Å². The zero-order valence-electron chi connectivity index (χ0n) is 7.55. The van der Waals surface area contributed by atoms with E-state index in [1.165, 1.54) is 0 Å². The lowest BCUT2D eigenvalue weighted by Crippen LogP contribution is -1.88. The van der Waals surface area contributed by atoms with Crippen molar-refractivity contribution in [3.63, 3.8) is 0 Å². The average molecular weight is 183 g/mol. The number of para-hydroxylation sites is 1. The second-order valence-corrected chi connectivity index (χ2v) is 2.82. The molecule has 2 rings (SSSR count). The third-order valence-electron chi connectivity index (χ3n) is 1.71. The van der Waals surface area contributed by atoms with E-state index in [1.54, 1.807) is 18.2 Å². The van der Waals surface area contributed by atoms with Crippen molar-refractivity contribution < 1.29 is 4.74 Å². The molecular formula is C12H9NO. The molecule has 0 aliphatic rings. The van der Waals surface area contributed by atoms with Gasteiger partial charge in [0.1, 0.15) is 5.75 Å². The average Bonchev–Trinajstić information content (AvgIpc) is 2.19. The molecule has 14 heavy (non-hydrogen) atoms. The summed E-state index contributed by atoms with van der Waals surface area (Å²) in [6, 6.07) is 14.8. The first-order valence-corrected chi connectivity index (χ1v) is 4.30. The number of pyridine rings is 1. The Kier molecular flexibility index (Phi) is 2.45. The molecule has 0 aliphatic heterocycles. The maximum absolute atomic E-state index is 5.52. The predicted molar refractivity (Wildman–Crippen MR) is 54.2 cm³/mol. The highest BCUT2D eigenvalue weighted by molar-refractivity contribution is 5.27. The van der Waals surface area contributed by atoms with Crippen LogP contribution >= 0.6 is 0 Å². The van der Waals surface area contributed by atoms with Gasteiger partial charge in [-0.3, -0.25) is 0 Å². The number of aromatic nitrogens is 1. The van der Waals surface area contributed by atoms with Crippen molar-refractivity contribution >= 4 is 0 Å². The van der Waals surface area contributed by atoms with E-state index in [0.29, 0.717) is 11.6 Å². The zero-order valence-corrected chi connectivity index (χ0v) is 7.55. The third-order valence-corrected chi connectivity index (χ3v) is 1.71. The molecule has 0 N–H and O–H groups in total. The van der Waals surface area contributed by atoms with E-state index in [4.69, 9.17) is 11.7 Å². The Balaban J connectivity index is 2.19. The van der Waals surface area contributed by atoms with Crippen LogP contribution in [-0.4, -0.2) is 4.98 Å². The summed E-state index contributed by atoms with van der Waals surface area (Å²) in [6.07, 6.45) is 0. The molecule has 0 bridgehead atoms. The fourth-order valence-corrected chi connectivity index (χ4v) is 1.10.